The molecule has 0 bridgehead atoms. The molecule has 9 heteroatoms. The average Bonchev–Trinajstić information content (AvgIpc) is 2.95. The largest absolute Gasteiger partial charge is 0.463 e. The molecule has 0 saturated carbocycles. The number of ether oxygens (including phenoxy) is 4. The average molecular weight is 584 g/mol. The maximum Gasteiger partial charge on any atom is 0.306 e. The highest BCUT2D eigenvalue weighted by molar-refractivity contribution is 5.74. The van der Waals surface area contributed by atoms with Crippen LogP contribution in [0.1, 0.15) is 130 Å². The third-order valence-corrected chi connectivity index (χ3v) is 7.37. The number of nitrogens with one attached hydrogen (secondary N) is 1. The van der Waals surface area contributed by atoms with Crippen molar-refractivity contribution < 1.29 is 38.4 Å². The zero-order valence-electron chi connectivity index (χ0n) is 25.9. The summed E-state index contributed by atoms with van der Waals surface area (Å²) in [6, 6.07) is -0.939. The quantitative estimate of drug-likeness (QED) is 0.0818. The van der Waals surface area contributed by atoms with Crippen molar-refractivity contribution in [1.29, 1.82) is 0 Å². The van der Waals surface area contributed by atoms with Gasteiger partial charge in [-0.05, 0) is 6.42 Å². The topological polar surface area (TPSA) is 120 Å². The van der Waals surface area contributed by atoms with Gasteiger partial charge in [0.15, 0.2) is 12.4 Å². The van der Waals surface area contributed by atoms with Crippen molar-refractivity contribution in [3.05, 3.63) is 12.7 Å². The van der Waals surface area contributed by atoms with Crippen molar-refractivity contribution in [3.63, 3.8) is 0 Å². The second kappa shape index (κ2) is 23.6. The lowest BCUT2D eigenvalue weighted by atomic mass is 9.96. The van der Waals surface area contributed by atoms with Crippen LogP contribution in [0.2, 0.25) is 0 Å². The number of hydrogen-bond acceptors (Lipinski definition) is 8. The van der Waals surface area contributed by atoms with Crippen LogP contribution in [-0.4, -0.2) is 66.8 Å². The van der Waals surface area contributed by atoms with Crippen LogP contribution < -0.4 is 5.32 Å². The summed E-state index contributed by atoms with van der Waals surface area (Å²) in [6.07, 6.45) is 15.9. The second-order valence-corrected chi connectivity index (χ2v) is 11.1. The van der Waals surface area contributed by atoms with Gasteiger partial charge in [-0.1, -0.05) is 110 Å². The Kier molecular flexibility index (Phi) is 21.3. The molecule has 0 aliphatic carbocycles. The van der Waals surface area contributed by atoms with Gasteiger partial charge >= 0.3 is 11.9 Å². The van der Waals surface area contributed by atoms with E-state index in [0.29, 0.717) is 6.42 Å². The Balaban J connectivity index is 2.42. The van der Waals surface area contributed by atoms with Crippen LogP contribution in [0.15, 0.2) is 12.7 Å². The molecule has 1 saturated heterocycles. The van der Waals surface area contributed by atoms with E-state index in [4.69, 9.17) is 18.9 Å². The SMILES string of the molecule is C=CCO[C@H]1O[C@H](COC(=O)CC)[C@@H](O)[C@H](OC(=O)CCCCCCCCCCCCCCCCC)[C@H]1NC(C)=O. The summed E-state index contributed by atoms with van der Waals surface area (Å²) in [5.74, 6) is -1.31. The number of aliphatic hydroxyl groups excluding tert-OH is 1. The molecule has 5 atom stereocenters. The first-order valence-corrected chi connectivity index (χ1v) is 16.0. The second-order valence-electron chi connectivity index (χ2n) is 11.1. The molecule has 1 amide bonds. The summed E-state index contributed by atoms with van der Waals surface area (Å²) in [7, 11) is 0. The van der Waals surface area contributed by atoms with Gasteiger partial charge in [0, 0.05) is 19.8 Å². The van der Waals surface area contributed by atoms with E-state index in [1.165, 1.54) is 83.6 Å². The van der Waals surface area contributed by atoms with E-state index in [0.717, 1.165) is 19.3 Å². The molecular formula is C32H57NO8. The molecule has 0 radical (unpaired) electrons. The van der Waals surface area contributed by atoms with Gasteiger partial charge in [0.05, 0.1) is 6.61 Å². The van der Waals surface area contributed by atoms with Crippen molar-refractivity contribution >= 4 is 17.8 Å². The Morgan fingerprint density at radius 3 is 1.88 bits per heavy atom. The highest BCUT2D eigenvalue weighted by Gasteiger charge is 2.48. The Morgan fingerprint density at radius 1 is 0.854 bits per heavy atom. The molecule has 2 N–H and O–H groups in total. The number of unbranched alkanes of at least 4 members (excludes halogenated alkanes) is 14. The molecule has 9 nitrogen and oxygen atoms in total. The fraction of sp³-hybridized carbons (Fsp3) is 0.844. The van der Waals surface area contributed by atoms with Crippen LogP contribution >= 0.6 is 0 Å². The standard InChI is InChI=1S/C32H57NO8/c1-5-8-9-10-11-12-13-14-15-16-17-18-19-20-21-22-28(36)41-31-29(33-25(4)34)32(38-23-6-2)40-26(30(31)37)24-39-27(35)7-3/h6,26,29-32,37H,2,5,7-24H2,1,3-4H3,(H,33,34)/t26-,29-,30-,31-,32+/m1/s1. The van der Waals surface area contributed by atoms with Crippen molar-refractivity contribution in [1.82, 2.24) is 5.32 Å². The lowest BCUT2D eigenvalue weighted by molar-refractivity contribution is -0.272. The molecule has 41 heavy (non-hydrogen) atoms. The third-order valence-electron chi connectivity index (χ3n) is 7.37. The van der Waals surface area contributed by atoms with Crippen LogP contribution in [0.3, 0.4) is 0 Å². The minimum atomic E-state index is -1.33. The number of carbonyl (C=O) groups is 3. The smallest absolute Gasteiger partial charge is 0.306 e. The number of rotatable bonds is 24. The summed E-state index contributed by atoms with van der Waals surface area (Å²) in [6.45, 7) is 8.73. The molecule has 238 valence electrons. The van der Waals surface area contributed by atoms with Crippen LogP contribution in [-0.2, 0) is 33.3 Å². The Bertz CT molecular complexity index is 730. The van der Waals surface area contributed by atoms with Crippen LogP contribution in [0.25, 0.3) is 0 Å². The van der Waals surface area contributed by atoms with Gasteiger partial charge in [-0.2, -0.15) is 0 Å². The lowest BCUT2D eigenvalue weighted by Crippen LogP contribution is -2.65. The van der Waals surface area contributed by atoms with Gasteiger partial charge in [-0.3, -0.25) is 14.4 Å². The van der Waals surface area contributed by atoms with Crippen molar-refractivity contribution in [2.24, 2.45) is 0 Å². The zero-order valence-corrected chi connectivity index (χ0v) is 25.9. The van der Waals surface area contributed by atoms with Crippen molar-refractivity contribution in [3.8, 4) is 0 Å². The lowest BCUT2D eigenvalue weighted by Gasteiger charge is -2.43. The first-order chi connectivity index (χ1) is 19.8. The fourth-order valence-electron chi connectivity index (χ4n) is 5.02. The first-order valence-electron chi connectivity index (χ1n) is 16.0. The summed E-state index contributed by atoms with van der Waals surface area (Å²) < 4.78 is 22.3. The molecule has 0 aromatic heterocycles. The maximum absolute atomic E-state index is 12.7. The molecular weight excluding hydrogens is 526 g/mol. The van der Waals surface area contributed by atoms with Crippen LogP contribution in [0.5, 0.6) is 0 Å². The molecule has 0 spiro atoms. The van der Waals surface area contributed by atoms with E-state index in [9.17, 15) is 19.5 Å². The number of aliphatic hydroxyl groups is 1. The van der Waals surface area contributed by atoms with Crippen LogP contribution in [0, 0.1) is 0 Å². The predicted molar refractivity (Wildman–Crippen MR) is 159 cm³/mol. The van der Waals surface area contributed by atoms with Crippen molar-refractivity contribution in [2.45, 2.75) is 161 Å². The maximum atomic E-state index is 12.7. The molecule has 1 aliphatic rings. The fourth-order valence-corrected chi connectivity index (χ4v) is 5.02. The van der Waals surface area contributed by atoms with Gasteiger partial charge in [-0.15, -0.1) is 6.58 Å². The molecule has 1 aliphatic heterocycles. The number of hydrogen-bond donors (Lipinski definition) is 2. The van der Waals surface area contributed by atoms with Gasteiger partial charge in [-0.25, -0.2) is 0 Å². The van der Waals surface area contributed by atoms with Crippen LogP contribution in [0.4, 0.5) is 0 Å². The summed E-state index contributed by atoms with van der Waals surface area (Å²) >= 11 is 0. The molecule has 0 unspecified atom stereocenters. The molecule has 1 heterocycles. The minimum absolute atomic E-state index is 0.109. The summed E-state index contributed by atoms with van der Waals surface area (Å²) in [5.41, 5.74) is 0. The van der Waals surface area contributed by atoms with E-state index in [1.54, 1.807) is 6.92 Å². The van der Waals surface area contributed by atoms with E-state index in [2.05, 4.69) is 18.8 Å². The monoisotopic (exact) mass is 583 g/mol. The number of carbonyl (C=O) groups excluding carboxylic acids is 3. The molecule has 1 rings (SSSR count). The molecule has 0 aromatic rings. The van der Waals surface area contributed by atoms with E-state index >= 15 is 0 Å². The molecule has 1 fully saturated rings. The minimum Gasteiger partial charge on any atom is -0.463 e. The molecule has 0 aromatic carbocycles. The third kappa shape index (κ3) is 16.9. The Labute approximate surface area is 248 Å². The summed E-state index contributed by atoms with van der Waals surface area (Å²) in [4.78, 5) is 36.3. The van der Waals surface area contributed by atoms with E-state index < -0.39 is 48.5 Å². The van der Waals surface area contributed by atoms with Gasteiger partial charge in [0.1, 0.15) is 24.9 Å². The van der Waals surface area contributed by atoms with Crippen molar-refractivity contribution in [2.75, 3.05) is 13.2 Å². The highest BCUT2D eigenvalue weighted by Crippen LogP contribution is 2.26. The Morgan fingerprint density at radius 2 is 1.39 bits per heavy atom. The predicted octanol–water partition coefficient (Wildman–Crippen LogP) is 5.91. The normalized spacial score (nSPS) is 22.2. The number of amides is 1. The Hall–Kier alpha value is -1.97. The van der Waals surface area contributed by atoms with E-state index in [1.807, 2.05) is 0 Å². The first kappa shape index (κ1) is 37.1. The van der Waals surface area contributed by atoms with Gasteiger partial charge < -0.3 is 29.4 Å². The van der Waals surface area contributed by atoms with Gasteiger partial charge in [0.25, 0.3) is 0 Å². The number of esters is 2. The zero-order chi connectivity index (χ0) is 30.3. The van der Waals surface area contributed by atoms with Gasteiger partial charge in [0.2, 0.25) is 5.91 Å². The summed E-state index contributed by atoms with van der Waals surface area (Å²) in [5, 5.41) is 13.6. The highest BCUT2D eigenvalue weighted by atomic mass is 16.7. The van der Waals surface area contributed by atoms with E-state index in [-0.39, 0.29) is 26.1 Å².